The Morgan fingerprint density at radius 2 is 2.28 bits per heavy atom. The lowest BCUT2D eigenvalue weighted by Gasteiger charge is -2.17. The summed E-state index contributed by atoms with van der Waals surface area (Å²) in [6.07, 6.45) is 1.72. The second kappa shape index (κ2) is 8.11. The van der Waals surface area contributed by atoms with Crippen molar-refractivity contribution in [3.05, 3.63) is 12.0 Å². The van der Waals surface area contributed by atoms with Crippen molar-refractivity contribution < 1.29 is 9.15 Å². The summed E-state index contributed by atoms with van der Waals surface area (Å²) >= 11 is 0. The van der Waals surface area contributed by atoms with Crippen LogP contribution in [0.3, 0.4) is 0 Å². The first-order valence-corrected chi connectivity index (χ1v) is 6.56. The van der Waals surface area contributed by atoms with Gasteiger partial charge in [0.25, 0.3) is 6.01 Å². The van der Waals surface area contributed by atoms with Gasteiger partial charge < -0.3 is 19.4 Å². The highest BCUT2D eigenvalue weighted by atomic mass is 16.5. The molecule has 0 radical (unpaired) electrons. The van der Waals surface area contributed by atoms with Crippen molar-refractivity contribution in [2.45, 2.75) is 27.3 Å². The lowest BCUT2D eigenvalue weighted by Crippen LogP contribution is -2.27. The Balaban J connectivity index is 2.45. The molecule has 1 heterocycles. The molecule has 104 valence electrons. The first kappa shape index (κ1) is 15.0. The van der Waals surface area contributed by atoms with Gasteiger partial charge in [0.2, 0.25) is 0 Å². The number of nitrogens with zero attached hydrogens (tertiary/aromatic N) is 2. The molecule has 0 unspecified atom stereocenters. The van der Waals surface area contributed by atoms with Crippen LogP contribution in [0.15, 0.2) is 10.7 Å². The molecule has 0 atom stereocenters. The van der Waals surface area contributed by atoms with Crippen LogP contribution in [0.1, 0.15) is 26.5 Å². The molecule has 18 heavy (non-hydrogen) atoms. The van der Waals surface area contributed by atoms with Gasteiger partial charge in [-0.15, -0.1) is 0 Å². The fourth-order valence-electron chi connectivity index (χ4n) is 1.60. The zero-order valence-electron chi connectivity index (χ0n) is 11.9. The number of hydrogen-bond donors (Lipinski definition) is 1. The molecule has 0 saturated carbocycles. The van der Waals surface area contributed by atoms with E-state index in [-0.39, 0.29) is 0 Å². The van der Waals surface area contributed by atoms with E-state index in [1.165, 1.54) is 0 Å². The fraction of sp³-hybridized carbons (Fsp3) is 0.769. The zero-order chi connectivity index (χ0) is 13.4. The van der Waals surface area contributed by atoms with Crippen molar-refractivity contribution in [2.75, 3.05) is 38.3 Å². The first-order valence-electron chi connectivity index (χ1n) is 6.56. The molecule has 0 aliphatic carbocycles. The monoisotopic (exact) mass is 255 g/mol. The van der Waals surface area contributed by atoms with Crippen molar-refractivity contribution in [3.8, 4) is 0 Å². The van der Waals surface area contributed by atoms with Gasteiger partial charge in [-0.25, -0.2) is 0 Å². The maximum atomic E-state index is 5.49. The van der Waals surface area contributed by atoms with E-state index in [4.69, 9.17) is 9.15 Å². The quantitative estimate of drug-likeness (QED) is 0.730. The number of likely N-dealkylation sites (N-methyl/N-ethyl adjacent to an activating group) is 1. The normalized spacial score (nSPS) is 11.2. The van der Waals surface area contributed by atoms with Crippen LogP contribution in [0.25, 0.3) is 0 Å². The number of ether oxygens (including phenoxy) is 1. The Labute approximate surface area is 110 Å². The van der Waals surface area contributed by atoms with Crippen molar-refractivity contribution in [1.82, 2.24) is 10.3 Å². The Kier molecular flexibility index (Phi) is 6.75. The van der Waals surface area contributed by atoms with Crippen LogP contribution in [0.4, 0.5) is 6.01 Å². The summed E-state index contributed by atoms with van der Waals surface area (Å²) in [6.45, 7) is 10.5. The predicted molar refractivity (Wildman–Crippen MR) is 72.8 cm³/mol. The smallest absolute Gasteiger partial charge is 0.297 e. The molecule has 0 spiro atoms. The van der Waals surface area contributed by atoms with Crippen LogP contribution in [0.5, 0.6) is 0 Å². The minimum atomic E-state index is 0.644. The third kappa shape index (κ3) is 5.06. The standard InChI is InChI=1S/C13H25N3O2/c1-5-16(6-7-17-4)13-15-12(10-18-13)9-14-8-11(2)3/h10-11,14H,5-9H2,1-4H3. The van der Waals surface area contributed by atoms with Crippen LogP contribution < -0.4 is 10.2 Å². The minimum absolute atomic E-state index is 0.644. The lowest BCUT2D eigenvalue weighted by molar-refractivity contribution is 0.204. The first-order chi connectivity index (χ1) is 8.67. The van der Waals surface area contributed by atoms with Gasteiger partial charge in [-0.05, 0) is 19.4 Å². The molecule has 5 heteroatoms. The molecule has 0 bridgehead atoms. The summed E-state index contributed by atoms with van der Waals surface area (Å²) in [6, 6.07) is 0.677. The van der Waals surface area contributed by atoms with Gasteiger partial charge >= 0.3 is 0 Å². The summed E-state index contributed by atoms with van der Waals surface area (Å²) in [4.78, 5) is 6.54. The molecule has 1 aromatic heterocycles. The topological polar surface area (TPSA) is 50.5 Å². The molecular formula is C13H25N3O2. The average molecular weight is 255 g/mol. The Morgan fingerprint density at radius 1 is 1.50 bits per heavy atom. The summed E-state index contributed by atoms with van der Waals surface area (Å²) in [5.41, 5.74) is 0.946. The average Bonchev–Trinajstić information content (AvgIpc) is 2.78. The summed E-state index contributed by atoms with van der Waals surface area (Å²) in [7, 11) is 1.70. The summed E-state index contributed by atoms with van der Waals surface area (Å²) in [5, 5.41) is 3.35. The maximum absolute atomic E-state index is 5.49. The Hall–Kier alpha value is -1.07. The van der Waals surface area contributed by atoms with Gasteiger partial charge in [0, 0.05) is 26.7 Å². The van der Waals surface area contributed by atoms with Gasteiger partial charge in [0.05, 0.1) is 12.3 Å². The summed E-state index contributed by atoms with van der Waals surface area (Å²) < 4.78 is 10.6. The molecule has 1 aromatic rings. The highest BCUT2D eigenvalue weighted by Gasteiger charge is 2.11. The van der Waals surface area contributed by atoms with Gasteiger partial charge in [-0.3, -0.25) is 0 Å². The highest BCUT2D eigenvalue weighted by Crippen LogP contribution is 2.13. The van der Waals surface area contributed by atoms with Crippen molar-refractivity contribution in [3.63, 3.8) is 0 Å². The Morgan fingerprint density at radius 3 is 2.89 bits per heavy atom. The van der Waals surface area contributed by atoms with Crippen molar-refractivity contribution in [1.29, 1.82) is 0 Å². The highest BCUT2D eigenvalue weighted by molar-refractivity contribution is 5.26. The molecule has 0 saturated heterocycles. The van der Waals surface area contributed by atoms with Crippen LogP contribution >= 0.6 is 0 Å². The molecule has 1 rings (SSSR count). The zero-order valence-corrected chi connectivity index (χ0v) is 11.9. The number of nitrogens with one attached hydrogen (secondary N) is 1. The second-order valence-corrected chi connectivity index (χ2v) is 4.72. The van der Waals surface area contributed by atoms with E-state index in [1.54, 1.807) is 13.4 Å². The Bertz CT molecular complexity index is 326. The summed E-state index contributed by atoms with van der Waals surface area (Å²) in [5.74, 6) is 0.644. The maximum Gasteiger partial charge on any atom is 0.297 e. The molecule has 5 nitrogen and oxygen atoms in total. The third-order valence-electron chi connectivity index (χ3n) is 2.62. The van der Waals surface area contributed by atoms with E-state index in [2.05, 4.69) is 36.0 Å². The second-order valence-electron chi connectivity index (χ2n) is 4.72. The minimum Gasteiger partial charge on any atom is -0.432 e. The van der Waals surface area contributed by atoms with Gasteiger partial charge in [-0.2, -0.15) is 4.98 Å². The number of aromatic nitrogens is 1. The van der Waals surface area contributed by atoms with Gasteiger partial charge in [-0.1, -0.05) is 13.8 Å². The number of rotatable bonds is 9. The van der Waals surface area contributed by atoms with Crippen LogP contribution in [-0.2, 0) is 11.3 Å². The SMILES string of the molecule is CCN(CCOC)c1nc(CNCC(C)C)co1. The molecular weight excluding hydrogens is 230 g/mol. The van der Waals surface area contributed by atoms with E-state index in [0.717, 1.165) is 31.9 Å². The molecule has 0 aliphatic heterocycles. The molecule has 0 amide bonds. The third-order valence-corrected chi connectivity index (χ3v) is 2.62. The molecule has 1 N–H and O–H groups in total. The van der Waals surface area contributed by atoms with E-state index < -0.39 is 0 Å². The van der Waals surface area contributed by atoms with Gasteiger partial charge in [0.15, 0.2) is 0 Å². The number of hydrogen-bond acceptors (Lipinski definition) is 5. The lowest BCUT2D eigenvalue weighted by atomic mass is 10.2. The molecule has 0 fully saturated rings. The number of anilines is 1. The number of oxazole rings is 1. The van der Waals surface area contributed by atoms with Crippen molar-refractivity contribution in [2.24, 2.45) is 5.92 Å². The van der Waals surface area contributed by atoms with E-state index in [1.807, 2.05) is 0 Å². The van der Waals surface area contributed by atoms with E-state index in [0.29, 0.717) is 18.5 Å². The fourth-order valence-corrected chi connectivity index (χ4v) is 1.60. The van der Waals surface area contributed by atoms with Crippen LogP contribution in [0.2, 0.25) is 0 Å². The van der Waals surface area contributed by atoms with Gasteiger partial charge in [0.1, 0.15) is 6.26 Å². The number of methoxy groups -OCH3 is 1. The van der Waals surface area contributed by atoms with E-state index >= 15 is 0 Å². The van der Waals surface area contributed by atoms with Crippen LogP contribution in [-0.4, -0.2) is 38.3 Å². The van der Waals surface area contributed by atoms with Crippen LogP contribution in [0, 0.1) is 5.92 Å². The molecule has 0 aromatic carbocycles. The van der Waals surface area contributed by atoms with Crippen molar-refractivity contribution >= 4 is 6.01 Å². The predicted octanol–water partition coefficient (Wildman–Crippen LogP) is 1.89. The largest absolute Gasteiger partial charge is 0.432 e. The molecule has 0 aliphatic rings. The van der Waals surface area contributed by atoms with E-state index in [9.17, 15) is 0 Å².